The van der Waals surface area contributed by atoms with Gasteiger partial charge in [0.15, 0.2) is 0 Å². The van der Waals surface area contributed by atoms with Crippen LogP contribution in [0.15, 0.2) is 54.6 Å². The average Bonchev–Trinajstić information content (AvgIpc) is 2.76. The summed E-state index contributed by atoms with van der Waals surface area (Å²) in [5.74, 6) is 0.447. The summed E-state index contributed by atoms with van der Waals surface area (Å²) in [4.78, 5) is 26.2. The van der Waals surface area contributed by atoms with Crippen LogP contribution in [0.2, 0.25) is 0 Å². The fraction of sp³-hybridized carbons (Fsp3) is 0.517. The molecule has 2 atom stereocenters. The summed E-state index contributed by atoms with van der Waals surface area (Å²) in [5.41, 5.74) is 1.35. The molecule has 0 saturated heterocycles. The molecule has 0 aliphatic carbocycles. The third-order valence-corrected chi connectivity index (χ3v) is 5.18. The summed E-state index contributed by atoms with van der Waals surface area (Å²) in [5, 5.41) is 6.27. The molecule has 6 nitrogen and oxygen atoms in total. The Balaban J connectivity index is 2.11. The summed E-state index contributed by atoms with van der Waals surface area (Å²) >= 11 is 0. The monoisotopic (exact) mass is 482 g/mol. The number of amides is 1. The highest BCUT2D eigenvalue weighted by molar-refractivity contribution is 5.88. The Labute approximate surface area is 210 Å². The minimum atomic E-state index is -0.790. The number of hydrogen-bond donors (Lipinski definition) is 2. The fourth-order valence-electron chi connectivity index (χ4n) is 3.66. The van der Waals surface area contributed by atoms with Crippen LogP contribution in [-0.4, -0.2) is 35.6 Å². The number of ether oxygens (including phenoxy) is 2. The van der Waals surface area contributed by atoms with Crippen LogP contribution in [0.3, 0.4) is 0 Å². The van der Waals surface area contributed by atoms with E-state index in [1.54, 1.807) is 0 Å². The summed E-state index contributed by atoms with van der Waals surface area (Å²) in [6.45, 7) is 14.1. The lowest BCUT2D eigenvalue weighted by molar-refractivity contribution is -0.158. The summed E-state index contributed by atoms with van der Waals surface area (Å²) < 4.78 is 11.5. The molecule has 0 heterocycles. The zero-order valence-electron chi connectivity index (χ0n) is 22.3. The highest BCUT2D eigenvalue weighted by atomic mass is 16.6. The van der Waals surface area contributed by atoms with Crippen molar-refractivity contribution in [3.05, 3.63) is 65.7 Å². The zero-order valence-corrected chi connectivity index (χ0v) is 22.3. The van der Waals surface area contributed by atoms with Crippen LogP contribution in [0.25, 0.3) is 0 Å². The zero-order chi connectivity index (χ0) is 26.0. The molecule has 0 radical (unpaired) electrons. The Morgan fingerprint density at radius 3 is 2.03 bits per heavy atom. The van der Waals surface area contributed by atoms with Crippen molar-refractivity contribution in [3.63, 3.8) is 0 Å². The number of nitrogens with one attached hydrogen (secondary N) is 2. The molecule has 2 aromatic carbocycles. The third kappa shape index (κ3) is 11.0. The lowest BCUT2D eigenvalue weighted by Gasteiger charge is -2.27. The molecular weight excluding hydrogens is 440 g/mol. The quantitative estimate of drug-likeness (QED) is 0.414. The predicted molar refractivity (Wildman–Crippen MR) is 140 cm³/mol. The molecular formula is C29H42N2O4. The minimum absolute atomic E-state index is 0.146. The van der Waals surface area contributed by atoms with Crippen molar-refractivity contribution in [2.45, 2.75) is 91.6 Å². The SMILES string of the molecule is CC(C)C[C@H](NC(C)C)C(=O)N[C@@H](Cc1ccc(OCc2ccccc2)cc1)C(=O)OC(C)(C)C. The van der Waals surface area contributed by atoms with Gasteiger partial charge in [-0.25, -0.2) is 4.79 Å². The second-order valence-corrected chi connectivity index (χ2v) is 10.7. The molecule has 0 spiro atoms. The van der Waals surface area contributed by atoms with E-state index in [0.29, 0.717) is 25.4 Å². The largest absolute Gasteiger partial charge is 0.489 e. The molecule has 2 aromatic rings. The van der Waals surface area contributed by atoms with Crippen molar-refractivity contribution >= 4 is 11.9 Å². The normalized spacial score (nSPS) is 13.4. The van der Waals surface area contributed by atoms with Crippen LogP contribution in [0, 0.1) is 5.92 Å². The topological polar surface area (TPSA) is 76.7 Å². The van der Waals surface area contributed by atoms with Gasteiger partial charge in [0, 0.05) is 12.5 Å². The van der Waals surface area contributed by atoms with Gasteiger partial charge >= 0.3 is 5.97 Å². The summed E-state index contributed by atoms with van der Waals surface area (Å²) in [7, 11) is 0. The maximum atomic E-state index is 13.2. The number of benzene rings is 2. The van der Waals surface area contributed by atoms with Gasteiger partial charge in [0.2, 0.25) is 5.91 Å². The Kier molecular flexibility index (Phi) is 10.8. The first-order valence-electron chi connectivity index (χ1n) is 12.5. The second-order valence-electron chi connectivity index (χ2n) is 10.7. The van der Waals surface area contributed by atoms with Gasteiger partial charge in [0.05, 0.1) is 6.04 Å². The van der Waals surface area contributed by atoms with Gasteiger partial charge in [-0.1, -0.05) is 70.2 Å². The maximum Gasteiger partial charge on any atom is 0.329 e. The number of carbonyl (C=O) groups is 2. The van der Waals surface area contributed by atoms with E-state index in [-0.39, 0.29) is 18.0 Å². The van der Waals surface area contributed by atoms with Crippen molar-refractivity contribution < 1.29 is 19.1 Å². The fourth-order valence-corrected chi connectivity index (χ4v) is 3.66. The molecule has 6 heteroatoms. The number of hydrogen-bond acceptors (Lipinski definition) is 5. The van der Waals surface area contributed by atoms with Crippen LogP contribution in [-0.2, 0) is 27.4 Å². The van der Waals surface area contributed by atoms with E-state index in [2.05, 4.69) is 24.5 Å². The van der Waals surface area contributed by atoms with Gasteiger partial charge in [-0.15, -0.1) is 0 Å². The first-order valence-corrected chi connectivity index (χ1v) is 12.5. The Morgan fingerprint density at radius 2 is 1.49 bits per heavy atom. The van der Waals surface area contributed by atoms with Gasteiger partial charge in [0.1, 0.15) is 24.0 Å². The molecule has 0 aliphatic rings. The van der Waals surface area contributed by atoms with Crippen LogP contribution in [0.4, 0.5) is 0 Å². The van der Waals surface area contributed by atoms with E-state index in [4.69, 9.17) is 9.47 Å². The third-order valence-electron chi connectivity index (χ3n) is 5.18. The smallest absolute Gasteiger partial charge is 0.329 e. The van der Waals surface area contributed by atoms with E-state index in [9.17, 15) is 9.59 Å². The van der Waals surface area contributed by atoms with E-state index < -0.39 is 17.6 Å². The van der Waals surface area contributed by atoms with Gasteiger partial charge in [0.25, 0.3) is 0 Å². The van der Waals surface area contributed by atoms with Crippen molar-refractivity contribution in [3.8, 4) is 5.75 Å². The molecule has 0 unspecified atom stereocenters. The minimum Gasteiger partial charge on any atom is -0.489 e. The van der Waals surface area contributed by atoms with Crippen LogP contribution < -0.4 is 15.4 Å². The maximum absolute atomic E-state index is 13.2. The van der Waals surface area contributed by atoms with Crippen molar-refractivity contribution in [2.75, 3.05) is 0 Å². The molecule has 0 saturated carbocycles. The van der Waals surface area contributed by atoms with Gasteiger partial charge in [-0.3, -0.25) is 4.79 Å². The predicted octanol–water partition coefficient (Wildman–Crippen LogP) is 5.05. The van der Waals surface area contributed by atoms with Crippen LogP contribution in [0.1, 0.15) is 66.0 Å². The van der Waals surface area contributed by atoms with E-state index in [1.807, 2.05) is 89.2 Å². The Morgan fingerprint density at radius 1 is 0.857 bits per heavy atom. The first kappa shape index (κ1) is 28.4. The van der Waals surface area contributed by atoms with Crippen molar-refractivity contribution in [1.82, 2.24) is 10.6 Å². The van der Waals surface area contributed by atoms with Crippen molar-refractivity contribution in [2.24, 2.45) is 5.92 Å². The lowest BCUT2D eigenvalue weighted by Crippen LogP contribution is -2.53. The standard InChI is InChI=1S/C29H42N2O4/c1-20(2)17-25(30-21(3)4)27(32)31-26(28(33)35-29(5,6)7)18-22-13-15-24(16-14-22)34-19-23-11-9-8-10-12-23/h8-16,20-21,25-26,30H,17-19H2,1-7H3,(H,31,32)/t25-,26-/m0/s1. The molecule has 35 heavy (non-hydrogen) atoms. The van der Waals surface area contributed by atoms with E-state index in [0.717, 1.165) is 16.9 Å². The molecule has 1 amide bonds. The number of carbonyl (C=O) groups excluding carboxylic acids is 2. The first-order chi connectivity index (χ1) is 16.4. The molecule has 0 bridgehead atoms. The average molecular weight is 483 g/mol. The number of rotatable bonds is 12. The lowest BCUT2D eigenvalue weighted by atomic mass is 10.0. The van der Waals surface area contributed by atoms with Crippen molar-refractivity contribution in [1.29, 1.82) is 0 Å². The summed E-state index contributed by atoms with van der Waals surface area (Å²) in [6, 6.07) is 16.5. The molecule has 2 N–H and O–H groups in total. The number of esters is 1. The second kappa shape index (κ2) is 13.3. The Bertz CT molecular complexity index is 908. The highest BCUT2D eigenvalue weighted by Gasteiger charge is 2.30. The summed E-state index contributed by atoms with van der Waals surface area (Å²) in [6.07, 6.45) is 1.01. The molecule has 192 valence electrons. The molecule has 2 rings (SSSR count). The highest BCUT2D eigenvalue weighted by Crippen LogP contribution is 2.17. The molecule has 0 aliphatic heterocycles. The van der Waals surface area contributed by atoms with E-state index >= 15 is 0 Å². The van der Waals surface area contributed by atoms with Gasteiger partial charge in [-0.2, -0.15) is 0 Å². The Hall–Kier alpha value is -2.86. The van der Waals surface area contributed by atoms with Gasteiger partial charge in [-0.05, 0) is 56.4 Å². The van der Waals surface area contributed by atoms with Crippen LogP contribution >= 0.6 is 0 Å². The van der Waals surface area contributed by atoms with Gasteiger partial charge < -0.3 is 20.1 Å². The van der Waals surface area contributed by atoms with Crippen LogP contribution in [0.5, 0.6) is 5.75 Å². The van der Waals surface area contributed by atoms with E-state index in [1.165, 1.54) is 0 Å². The molecule has 0 fully saturated rings. The molecule has 0 aromatic heterocycles.